The molecule has 112 valence electrons. The molecule has 1 aliphatic carbocycles. The molecule has 1 aromatic rings. The summed E-state index contributed by atoms with van der Waals surface area (Å²) in [7, 11) is -0.885. The number of rotatable bonds is 5. The Kier molecular flexibility index (Phi) is 6.24. The second-order valence-corrected chi connectivity index (χ2v) is 7.52. The minimum atomic E-state index is -0.885. The van der Waals surface area contributed by atoms with Crippen LogP contribution in [-0.2, 0) is 10.8 Å². The van der Waals surface area contributed by atoms with Crippen LogP contribution in [0.3, 0.4) is 0 Å². The Morgan fingerprint density at radius 3 is 2.55 bits per heavy atom. The normalized spacial score (nSPS) is 25.1. The van der Waals surface area contributed by atoms with Crippen LogP contribution >= 0.6 is 0 Å². The monoisotopic (exact) mass is 293 g/mol. The molecule has 0 heterocycles. The van der Waals surface area contributed by atoms with E-state index < -0.39 is 10.8 Å². The van der Waals surface area contributed by atoms with Gasteiger partial charge >= 0.3 is 0 Å². The van der Waals surface area contributed by atoms with Crippen molar-refractivity contribution in [3.8, 4) is 0 Å². The van der Waals surface area contributed by atoms with Gasteiger partial charge in [-0.05, 0) is 44.9 Å². The highest BCUT2D eigenvalue weighted by atomic mass is 32.2. The third kappa shape index (κ3) is 4.16. The molecule has 2 rings (SSSR count). The summed E-state index contributed by atoms with van der Waals surface area (Å²) in [5, 5.41) is 3.90. The highest BCUT2D eigenvalue weighted by Crippen LogP contribution is 2.26. The zero-order valence-electron chi connectivity index (χ0n) is 12.7. The van der Waals surface area contributed by atoms with Crippen molar-refractivity contribution < 1.29 is 4.21 Å². The van der Waals surface area contributed by atoms with E-state index >= 15 is 0 Å². The van der Waals surface area contributed by atoms with Gasteiger partial charge in [-0.1, -0.05) is 43.9 Å². The van der Waals surface area contributed by atoms with Gasteiger partial charge in [-0.15, -0.1) is 0 Å². The van der Waals surface area contributed by atoms with Gasteiger partial charge in [0.25, 0.3) is 0 Å². The molecule has 0 amide bonds. The summed E-state index contributed by atoms with van der Waals surface area (Å²) in [5.74, 6) is 0. The van der Waals surface area contributed by atoms with E-state index in [4.69, 9.17) is 0 Å². The summed E-state index contributed by atoms with van der Waals surface area (Å²) in [4.78, 5) is 0.991. The smallest absolute Gasteiger partial charge is 0.0576 e. The molecule has 1 aromatic carbocycles. The maximum atomic E-state index is 12.9. The topological polar surface area (TPSA) is 29.1 Å². The van der Waals surface area contributed by atoms with Gasteiger partial charge in [0.2, 0.25) is 0 Å². The summed E-state index contributed by atoms with van der Waals surface area (Å²) >= 11 is 0. The number of nitrogens with one attached hydrogen (secondary N) is 1. The van der Waals surface area contributed by atoms with Crippen molar-refractivity contribution in [3.63, 3.8) is 0 Å². The lowest BCUT2D eigenvalue weighted by Gasteiger charge is -2.25. The molecule has 0 bridgehead atoms. The molecule has 3 atom stereocenters. The first-order chi connectivity index (χ1) is 9.72. The summed E-state index contributed by atoms with van der Waals surface area (Å²) in [5.41, 5.74) is 1.23. The highest BCUT2D eigenvalue weighted by molar-refractivity contribution is 7.85. The second kappa shape index (κ2) is 7.94. The van der Waals surface area contributed by atoms with Gasteiger partial charge in [-0.3, -0.25) is 4.21 Å². The molecular weight excluding hydrogens is 266 g/mol. The van der Waals surface area contributed by atoms with E-state index in [0.29, 0.717) is 6.04 Å². The molecular formula is C17H27NOS. The van der Waals surface area contributed by atoms with E-state index in [0.717, 1.165) is 24.3 Å². The third-order valence-electron chi connectivity index (χ3n) is 4.14. The quantitative estimate of drug-likeness (QED) is 0.837. The van der Waals surface area contributed by atoms with Crippen LogP contribution in [0.15, 0.2) is 29.2 Å². The molecule has 0 saturated heterocycles. The van der Waals surface area contributed by atoms with Crippen LogP contribution in [0.5, 0.6) is 0 Å². The number of hydrogen-bond acceptors (Lipinski definition) is 2. The van der Waals surface area contributed by atoms with Crippen molar-refractivity contribution in [2.75, 3.05) is 6.54 Å². The molecule has 1 saturated carbocycles. The summed E-state index contributed by atoms with van der Waals surface area (Å²) in [6.45, 7) is 5.30. The van der Waals surface area contributed by atoms with Crippen molar-refractivity contribution in [1.82, 2.24) is 5.32 Å². The van der Waals surface area contributed by atoms with E-state index in [1.165, 1.54) is 31.2 Å². The Balaban J connectivity index is 2.12. The Labute approximate surface area is 125 Å². The maximum Gasteiger partial charge on any atom is 0.0576 e. The first-order valence-electron chi connectivity index (χ1n) is 7.93. The van der Waals surface area contributed by atoms with Crippen LogP contribution in [0.25, 0.3) is 0 Å². The van der Waals surface area contributed by atoms with Crippen molar-refractivity contribution in [2.24, 2.45) is 0 Å². The lowest BCUT2D eigenvalue weighted by molar-refractivity contribution is 0.463. The highest BCUT2D eigenvalue weighted by Gasteiger charge is 2.28. The molecule has 0 aliphatic heterocycles. The van der Waals surface area contributed by atoms with Gasteiger partial charge in [-0.2, -0.15) is 0 Å². The number of aryl methyl sites for hydroxylation is 1. The van der Waals surface area contributed by atoms with Crippen LogP contribution in [0.2, 0.25) is 0 Å². The van der Waals surface area contributed by atoms with Gasteiger partial charge in [0, 0.05) is 10.9 Å². The first kappa shape index (κ1) is 15.7. The van der Waals surface area contributed by atoms with Crippen molar-refractivity contribution in [3.05, 3.63) is 29.8 Å². The van der Waals surface area contributed by atoms with Gasteiger partial charge in [0.1, 0.15) is 0 Å². The molecule has 0 radical (unpaired) electrons. The SMILES string of the molecule is CCCNC1CCCCCC1S(=O)c1ccc(C)cc1. The first-order valence-corrected chi connectivity index (χ1v) is 9.14. The van der Waals surface area contributed by atoms with Crippen molar-refractivity contribution in [1.29, 1.82) is 0 Å². The average Bonchev–Trinajstić information content (AvgIpc) is 2.70. The van der Waals surface area contributed by atoms with Crippen molar-refractivity contribution >= 4 is 10.8 Å². The van der Waals surface area contributed by atoms with Crippen LogP contribution in [0.4, 0.5) is 0 Å². The predicted molar refractivity (Wildman–Crippen MR) is 86.5 cm³/mol. The minimum Gasteiger partial charge on any atom is -0.313 e. The van der Waals surface area contributed by atoms with Gasteiger partial charge in [-0.25, -0.2) is 0 Å². The number of hydrogen-bond donors (Lipinski definition) is 1. The van der Waals surface area contributed by atoms with Crippen LogP contribution in [0.1, 0.15) is 51.0 Å². The molecule has 0 spiro atoms. The average molecular weight is 293 g/mol. The van der Waals surface area contributed by atoms with E-state index in [1.807, 2.05) is 12.1 Å². The van der Waals surface area contributed by atoms with Crippen molar-refractivity contribution in [2.45, 2.75) is 68.6 Å². The van der Waals surface area contributed by atoms with Gasteiger partial charge in [0.05, 0.1) is 16.0 Å². The summed E-state index contributed by atoms with van der Waals surface area (Å²) < 4.78 is 12.9. The zero-order valence-corrected chi connectivity index (χ0v) is 13.5. The zero-order chi connectivity index (χ0) is 14.4. The fraction of sp³-hybridized carbons (Fsp3) is 0.647. The Hall–Kier alpha value is -0.670. The fourth-order valence-corrected chi connectivity index (χ4v) is 4.61. The summed E-state index contributed by atoms with van der Waals surface area (Å²) in [6.07, 6.45) is 7.16. The third-order valence-corrected chi connectivity index (χ3v) is 5.99. The van der Waals surface area contributed by atoms with E-state index in [-0.39, 0.29) is 5.25 Å². The molecule has 3 unspecified atom stereocenters. The van der Waals surface area contributed by atoms with Gasteiger partial charge < -0.3 is 5.32 Å². The van der Waals surface area contributed by atoms with E-state index in [1.54, 1.807) is 0 Å². The number of benzene rings is 1. The maximum absolute atomic E-state index is 12.9. The van der Waals surface area contributed by atoms with Gasteiger partial charge in [0.15, 0.2) is 0 Å². The molecule has 20 heavy (non-hydrogen) atoms. The molecule has 2 nitrogen and oxygen atoms in total. The van der Waals surface area contributed by atoms with Crippen LogP contribution < -0.4 is 5.32 Å². The largest absolute Gasteiger partial charge is 0.313 e. The standard InChI is InChI=1S/C17H27NOS/c1-3-13-18-16-7-5-4-6-8-17(16)20(19)15-11-9-14(2)10-12-15/h9-12,16-18H,3-8,13H2,1-2H3. The molecule has 3 heteroatoms. The second-order valence-electron chi connectivity index (χ2n) is 5.85. The molecule has 1 N–H and O–H groups in total. The van der Waals surface area contributed by atoms with Crippen LogP contribution in [-0.4, -0.2) is 22.0 Å². The van der Waals surface area contributed by atoms with E-state index in [9.17, 15) is 4.21 Å². The molecule has 1 fully saturated rings. The molecule has 1 aliphatic rings. The van der Waals surface area contributed by atoms with E-state index in [2.05, 4.69) is 31.3 Å². The Morgan fingerprint density at radius 2 is 1.85 bits per heavy atom. The predicted octanol–water partition coefficient (Wildman–Crippen LogP) is 3.80. The Morgan fingerprint density at radius 1 is 1.15 bits per heavy atom. The molecule has 0 aromatic heterocycles. The lowest BCUT2D eigenvalue weighted by atomic mass is 10.1. The Bertz CT molecular complexity index is 429. The lowest BCUT2D eigenvalue weighted by Crippen LogP contribution is -2.41. The fourth-order valence-electron chi connectivity index (χ4n) is 2.94. The minimum absolute atomic E-state index is 0.270. The van der Waals surface area contributed by atoms with Crippen LogP contribution in [0, 0.1) is 6.92 Å². The summed E-state index contributed by atoms with van der Waals surface area (Å²) in [6, 6.07) is 8.62.